The fourth-order valence-corrected chi connectivity index (χ4v) is 6.41. The van der Waals surface area contributed by atoms with E-state index in [-0.39, 0.29) is 17.7 Å². The van der Waals surface area contributed by atoms with Gasteiger partial charge in [-0.1, -0.05) is 78.9 Å². The van der Waals surface area contributed by atoms with Crippen molar-refractivity contribution in [1.29, 1.82) is 0 Å². The van der Waals surface area contributed by atoms with Crippen molar-refractivity contribution >= 4 is 39.8 Å². The van der Waals surface area contributed by atoms with Crippen LogP contribution >= 0.6 is 0 Å². The summed E-state index contributed by atoms with van der Waals surface area (Å²) in [5.74, 6) is -3.33. The maximum atomic E-state index is 14.1. The SMILES string of the molecule is Cc1ccc(N2C(=O)[C@@H]3[C@@H]4C(=O)Oc5c(ccc6ccccc56)C4=C[C@@H](c4ccccc4)[C@H]3C2=O)cc1C. The topological polar surface area (TPSA) is 63.7 Å². The van der Waals surface area contributed by atoms with Gasteiger partial charge in [0, 0.05) is 16.9 Å². The van der Waals surface area contributed by atoms with E-state index >= 15 is 0 Å². The van der Waals surface area contributed by atoms with E-state index in [2.05, 4.69) is 0 Å². The highest BCUT2D eigenvalue weighted by molar-refractivity contribution is 6.24. The fourth-order valence-electron chi connectivity index (χ4n) is 6.41. The number of fused-ring (bicyclic) bond motifs is 7. The van der Waals surface area contributed by atoms with Crippen LogP contribution in [0.4, 0.5) is 5.69 Å². The van der Waals surface area contributed by atoms with E-state index < -0.39 is 23.7 Å². The van der Waals surface area contributed by atoms with Crippen LogP contribution in [0.15, 0.2) is 91.0 Å². The molecule has 3 aliphatic rings. The summed E-state index contributed by atoms with van der Waals surface area (Å²) in [6, 6.07) is 27.1. The maximum Gasteiger partial charge on any atom is 0.319 e. The molecule has 4 aromatic carbocycles. The number of allylic oxidation sites excluding steroid dienone is 1. The lowest BCUT2D eigenvalue weighted by atomic mass is 9.64. The second-order valence-corrected chi connectivity index (χ2v) is 10.5. The molecule has 4 atom stereocenters. The first-order chi connectivity index (χ1) is 18.4. The summed E-state index contributed by atoms with van der Waals surface area (Å²) in [7, 11) is 0. The molecule has 186 valence electrons. The quantitative estimate of drug-likeness (QED) is 0.193. The first-order valence-electron chi connectivity index (χ1n) is 12.9. The highest BCUT2D eigenvalue weighted by Gasteiger charge is 2.60. The van der Waals surface area contributed by atoms with Crippen LogP contribution in [0, 0.1) is 31.6 Å². The molecular weight excluding hydrogens is 474 g/mol. The molecule has 1 fully saturated rings. The van der Waals surface area contributed by atoms with Gasteiger partial charge in [0.25, 0.3) is 0 Å². The van der Waals surface area contributed by atoms with Crippen molar-refractivity contribution in [2.45, 2.75) is 19.8 Å². The van der Waals surface area contributed by atoms with Gasteiger partial charge in [0.05, 0.1) is 23.4 Å². The number of imide groups is 1. The van der Waals surface area contributed by atoms with E-state index in [1.807, 2.05) is 105 Å². The van der Waals surface area contributed by atoms with Gasteiger partial charge in [-0.05, 0) is 53.6 Å². The zero-order valence-electron chi connectivity index (χ0n) is 21.0. The predicted molar refractivity (Wildman–Crippen MR) is 146 cm³/mol. The normalized spacial score (nSPS) is 24.0. The van der Waals surface area contributed by atoms with Crippen LogP contribution in [0.5, 0.6) is 5.75 Å². The molecule has 0 unspecified atom stereocenters. The van der Waals surface area contributed by atoms with Gasteiger partial charge in [0.2, 0.25) is 11.8 Å². The molecule has 4 aromatic rings. The Balaban J connectivity index is 1.44. The van der Waals surface area contributed by atoms with Crippen LogP contribution in [0.25, 0.3) is 16.3 Å². The fraction of sp³-hybridized carbons (Fsp3) is 0.182. The highest BCUT2D eigenvalue weighted by atomic mass is 16.5. The number of rotatable bonds is 2. The van der Waals surface area contributed by atoms with Crippen LogP contribution < -0.4 is 9.64 Å². The number of benzene rings is 4. The Kier molecular flexibility index (Phi) is 4.92. The molecule has 5 heteroatoms. The Morgan fingerprint density at radius 1 is 0.737 bits per heavy atom. The first-order valence-corrected chi connectivity index (χ1v) is 12.9. The molecule has 0 radical (unpaired) electrons. The van der Waals surface area contributed by atoms with Crippen LogP contribution in [0.1, 0.15) is 28.2 Å². The highest BCUT2D eigenvalue weighted by Crippen LogP contribution is 2.55. The van der Waals surface area contributed by atoms with Gasteiger partial charge in [0.1, 0.15) is 5.75 Å². The molecule has 0 N–H and O–H groups in total. The molecule has 0 bridgehead atoms. The van der Waals surface area contributed by atoms with E-state index in [0.717, 1.165) is 38.6 Å². The van der Waals surface area contributed by atoms with E-state index in [1.54, 1.807) is 0 Å². The summed E-state index contributed by atoms with van der Waals surface area (Å²) in [6.45, 7) is 3.95. The van der Waals surface area contributed by atoms with Crippen molar-refractivity contribution in [2.24, 2.45) is 17.8 Å². The number of anilines is 1. The lowest BCUT2D eigenvalue weighted by molar-refractivity contribution is -0.142. The molecular formula is C33H25NO4. The Labute approximate surface area is 220 Å². The molecule has 1 saturated heterocycles. The zero-order valence-corrected chi connectivity index (χ0v) is 21.0. The van der Waals surface area contributed by atoms with E-state index in [1.165, 1.54) is 4.90 Å². The number of carbonyl (C=O) groups is 3. The second-order valence-electron chi connectivity index (χ2n) is 10.5. The summed E-state index contributed by atoms with van der Waals surface area (Å²) >= 11 is 0. The Hall–Kier alpha value is -4.51. The Bertz CT molecular complexity index is 1700. The number of nitrogens with zero attached hydrogens (tertiary/aromatic N) is 1. The number of hydrogen-bond acceptors (Lipinski definition) is 4. The number of carbonyl (C=O) groups excluding carboxylic acids is 3. The van der Waals surface area contributed by atoms with Crippen molar-refractivity contribution in [2.75, 3.05) is 4.90 Å². The van der Waals surface area contributed by atoms with Gasteiger partial charge in [0.15, 0.2) is 0 Å². The lowest BCUT2D eigenvalue weighted by Crippen LogP contribution is -2.42. The summed E-state index contributed by atoms with van der Waals surface area (Å²) in [5, 5.41) is 1.82. The molecule has 5 nitrogen and oxygen atoms in total. The molecule has 38 heavy (non-hydrogen) atoms. The minimum Gasteiger partial charge on any atom is -0.425 e. The maximum absolute atomic E-state index is 14.1. The lowest BCUT2D eigenvalue weighted by Gasteiger charge is -2.38. The van der Waals surface area contributed by atoms with Crippen LogP contribution in [-0.2, 0) is 14.4 Å². The van der Waals surface area contributed by atoms with E-state index in [9.17, 15) is 14.4 Å². The van der Waals surface area contributed by atoms with Gasteiger partial charge in [-0.2, -0.15) is 0 Å². The van der Waals surface area contributed by atoms with Gasteiger partial charge in [-0.25, -0.2) is 4.90 Å². The average Bonchev–Trinajstić information content (AvgIpc) is 3.20. The number of esters is 1. The van der Waals surface area contributed by atoms with Crippen LogP contribution in [0.2, 0.25) is 0 Å². The number of hydrogen-bond donors (Lipinski definition) is 0. The third-order valence-electron chi connectivity index (χ3n) is 8.42. The van der Waals surface area contributed by atoms with Gasteiger partial charge in [-0.3, -0.25) is 14.4 Å². The standard InChI is InChI=1S/C33H25NO4/c1-18-12-14-22(16-19(18)2)34-31(35)27-25(20-8-4-3-5-9-20)17-26-24-15-13-21-10-6-7-11-23(21)30(24)38-33(37)28(26)29(27)32(34)36/h3-17,25,27-29H,1-2H3/t25-,27+,28+,29-/m0/s1. The average molecular weight is 500 g/mol. The molecule has 1 aliphatic carbocycles. The Morgan fingerprint density at radius 2 is 1.47 bits per heavy atom. The van der Waals surface area contributed by atoms with Crippen molar-refractivity contribution in [3.63, 3.8) is 0 Å². The minimum absolute atomic E-state index is 0.274. The van der Waals surface area contributed by atoms with Gasteiger partial charge < -0.3 is 4.74 Å². The van der Waals surface area contributed by atoms with Gasteiger partial charge >= 0.3 is 5.97 Å². The number of aryl methyl sites for hydroxylation is 2. The molecule has 0 spiro atoms. The van der Waals surface area contributed by atoms with Crippen LogP contribution in [0.3, 0.4) is 0 Å². The van der Waals surface area contributed by atoms with Crippen molar-refractivity contribution in [1.82, 2.24) is 0 Å². The number of ether oxygens (including phenoxy) is 1. The van der Waals surface area contributed by atoms with E-state index in [0.29, 0.717) is 11.4 Å². The Morgan fingerprint density at radius 3 is 2.26 bits per heavy atom. The largest absolute Gasteiger partial charge is 0.425 e. The van der Waals surface area contributed by atoms with Gasteiger partial charge in [-0.15, -0.1) is 0 Å². The molecule has 2 aliphatic heterocycles. The summed E-state index contributed by atoms with van der Waals surface area (Å²) in [5.41, 5.74) is 5.13. The van der Waals surface area contributed by atoms with Crippen molar-refractivity contribution in [3.8, 4) is 5.75 Å². The molecule has 0 aromatic heterocycles. The molecule has 7 rings (SSSR count). The summed E-state index contributed by atoms with van der Waals surface area (Å²) in [6.07, 6.45) is 2.03. The third-order valence-corrected chi connectivity index (χ3v) is 8.42. The number of amides is 2. The van der Waals surface area contributed by atoms with Crippen LogP contribution in [-0.4, -0.2) is 17.8 Å². The summed E-state index contributed by atoms with van der Waals surface area (Å²) < 4.78 is 5.96. The van der Waals surface area contributed by atoms with Crippen molar-refractivity contribution in [3.05, 3.63) is 113 Å². The predicted octanol–water partition coefficient (Wildman–Crippen LogP) is 5.98. The monoisotopic (exact) mass is 499 g/mol. The van der Waals surface area contributed by atoms with E-state index in [4.69, 9.17) is 4.74 Å². The zero-order chi connectivity index (χ0) is 26.1. The third kappa shape index (κ3) is 3.14. The summed E-state index contributed by atoms with van der Waals surface area (Å²) in [4.78, 5) is 43.1. The smallest absolute Gasteiger partial charge is 0.319 e. The van der Waals surface area contributed by atoms with Crippen molar-refractivity contribution < 1.29 is 19.1 Å². The first kappa shape index (κ1) is 22.7. The molecule has 0 saturated carbocycles. The minimum atomic E-state index is -0.846. The molecule has 2 amide bonds. The second kappa shape index (κ2) is 8.25. The molecule has 2 heterocycles.